The van der Waals surface area contributed by atoms with Gasteiger partial charge in [-0.3, -0.25) is 9.20 Å². The Labute approximate surface area is 164 Å². The van der Waals surface area contributed by atoms with E-state index in [1.54, 1.807) is 13.8 Å². The van der Waals surface area contributed by atoms with Gasteiger partial charge < -0.3 is 15.8 Å². The number of pyridine rings is 1. The Balaban J connectivity index is 1.86. The minimum atomic E-state index is -1.01. The fourth-order valence-corrected chi connectivity index (χ4v) is 2.93. The molecule has 0 bridgehead atoms. The molecule has 0 saturated carbocycles. The fourth-order valence-electron chi connectivity index (χ4n) is 2.93. The van der Waals surface area contributed by atoms with Crippen molar-refractivity contribution in [1.82, 2.24) is 19.9 Å². The number of nitrogens with one attached hydrogen (secondary N) is 1. The summed E-state index contributed by atoms with van der Waals surface area (Å²) in [6, 6.07) is 15.3. The van der Waals surface area contributed by atoms with E-state index < -0.39 is 11.6 Å². The van der Waals surface area contributed by atoms with E-state index in [0.29, 0.717) is 12.4 Å². The van der Waals surface area contributed by atoms with Gasteiger partial charge in [-0.05, 0) is 38.0 Å². The zero-order chi connectivity index (χ0) is 20.1. The number of rotatable bonds is 8. The molecular weight excluding hydrogens is 354 g/mol. The average molecular weight is 381 g/mol. The highest BCUT2D eigenvalue weighted by atomic mass is 16.5. The predicted octanol–water partition coefficient (Wildman–Crippen LogP) is 2.40. The van der Waals surface area contributed by atoms with Crippen molar-refractivity contribution in [1.29, 1.82) is 0 Å². The van der Waals surface area contributed by atoms with Gasteiger partial charge in [0.1, 0.15) is 6.04 Å². The van der Waals surface area contributed by atoms with Crippen LogP contribution in [0.4, 0.5) is 0 Å². The van der Waals surface area contributed by atoms with E-state index in [0.717, 1.165) is 23.3 Å². The largest absolute Gasteiger partial charge is 0.374 e. The molecule has 2 heterocycles. The maximum atomic E-state index is 12.5. The molecule has 0 unspecified atom stereocenters. The van der Waals surface area contributed by atoms with Crippen LogP contribution in [0.5, 0.6) is 0 Å². The quantitative estimate of drug-likeness (QED) is 0.625. The van der Waals surface area contributed by atoms with Crippen molar-refractivity contribution in [3.63, 3.8) is 0 Å². The molecule has 2 aromatic heterocycles. The smallest absolute Gasteiger partial charge is 0.240 e. The molecule has 1 aromatic carbocycles. The lowest BCUT2D eigenvalue weighted by molar-refractivity contribution is -0.126. The molecule has 0 aliphatic heterocycles. The number of nitrogens with zero attached hydrogens (tertiary/aromatic N) is 3. The van der Waals surface area contributed by atoms with Gasteiger partial charge in [-0.25, -0.2) is 0 Å². The maximum Gasteiger partial charge on any atom is 0.240 e. The molecule has 7 nitrogen and oxygen atoms in total. The lowest BCUT2D eigenvalue weighted by atomic mass is 10.1. The molecule has 0 spiro atoms. The summed E-state index contributed by atoms with van der Waals surface area (Å²) in [7, 11) is 0. The number of aryl methyl sites for hydroxylation is 1. The second-order valence-electron chi connectivity index (χ2n) is 7.37. The highest BCUT2D eigenvalue weighted by Gasteiger charge is 2.28. The minimum Gasteiger partial charge on any atom is -0.374 e. The molecule has 7 heteroatoms. The number of aromatic nitrogens is 3. The zero-order valence-electron chi connectivity index (χ0n) is 16.6. The highest BCUT2D eigenvalue weighted by molar-refractivity contribution is 5.85. The van der Waals surface area contributed by atoms with Gasteiger partial charge in [0.2, 0.25) is 5.91 Å². The lowest BCUT2D eigenvalue weighted by Gasteiger charge is -2.24. The summed E-state index contributed by atoms with van der Waals surface area (Å²) in [6.07, 6.45) is 0.816. The van der Waals surface area contributed by atoms with Crippen molar-refractivity contribution >= 4 is 11.6 Å². The van der Waals surface area contributed by atoms with E-state index >= 15 is 0 Å². The Morgan fingerprint density at radius 3 is 2.61 bits per heavy atom. The molecule has 3 aromatic rings. The van der Waals surface area contributed by atoms with Crippen molar-refractivity contribution in [2.45, 2.75) is 45.4 Å². The summed E-state index contributed by atoms with van der Waals surface area (Å²) in [4.78, 5) is 12.5. The molecule has 0 aliphatic carbocycles. The number of ether oxygens (including phenoxy) is 1. The van der Waals surface area contributed by atoms with Crippen LogP contribution in [0.25, 0.3) is 5.65 Å². The van der Waals surface area contributed by atoms with Gasteiger partial charge in [0.15, 0.2) is 11.5 Å². The lowest BCUT2D eigenvalue weighted by Crippen LogP contribution is -2.51. The number of hydrogen-bond donors (Lipinski definition) is 2. The van der Waals surface area contributed by atoms with E-state index in [4.69, 9.17) is 10.5 Å². The van der Waals surface area contributed by atoms with Gasteiger partial charge in [-0.2, -0.15) is 0 Å². The molecule has 1 atom stereocenters. The van der Waals surface area contributed by atoms with Gasteiger partial charge in [0, 0.05) is 5.69 Å². The van der Waals surface area contributed by atoms with Gasteiger partial charge in [0.25, 0.3) is 0 Å². The summed E-state index contributed by atoms with van der Waals surface area (Å²) in [5.74, 6) is 0.365. The first-order valence-electron chi connectivity index (χ1n) is 9.44. The molecule has 28 heavy (non-hydrogen) atoms. The average Bonchev–Trinajstić information content (AvgIpc) is 3.11. The van der Waals surface area contributed by atoms with E-state index in [9.17, 15) is 4.79 Å². The fraction of sp³-hybridized carbons (Fsp3) is 0.381. The van der Waals surface area contributed by atoms with Crippen LogP contribution >= 0.6 is 0 Å². The number of carbonyl (C=O) groups is 1. The van der Waals surface area contributed by atoms with Crippen LogP contribution in [0.1, 0.15) is 43.9 Å². The molecule has 0 aliphatic rings. The monoisotopic (exact) mass is 381 g/mol. The van der Waals surface area contributed by atoms with E-state index in [2.05, 4.69) is 22.4 Å². The first-order valence-corrected chi connectivity index (χ1v) is 9.44. The molecule has 3 rings (SSSR count). The predicted molar refractivity (Wildman–Crippen MR) is 108 cm³/mol. The third-order valence-electron chi connectivity index (χ3n) is 4.49. The molecule has 0 fully saturated rings. The van der Waals surface area contributed by atoms with E-state index in [1.807, 2.05) is 52.9 Å². The third-order valence-corrected chi connectivity index (χ3v) is 4.49. The van der Waals surface area contributed by atoms with Gasteiger partial charge in [0.05, 0.1) is 18.8 Å². The SMILES string of the molecule is CCc1cccc2nnc([C@@H](COCc3ccccc3)NC(=O)C(C)(C)N)n12. The molecule has 0 radical (unpaired) electrons. The summed E-state index contributed by atoms with van der Waals surface area (Å²) in [6.45, 7) is 6.11. The third kappa shape index (κ3) is 4.55. The Bertz CT molecular complexity index is 931. The van der Waals surface area contributed by atoms with Crippen LogP contribution in [0.3, 0.4) is 0 Å². The van der Waals surface area contributed by atoms with Crippen molar-refractivity contribution in [2.75, 3.05) is 6.61 Å². The normalized spacial score (nSPS) is 12.9. The van der Waals surface area contributed by atoms with Gasteiger partial charge in [-0.1, -0.05) is 43.3 Å². The number of carbonyl (C=O) groups excluding carboxylic acids is 1. The van der Waals surface area contributed by atoms with Crippen LogP contribution in [0.2, 0.25) is 0 Å². The van der Waals surface area contributed by atoms with Crippen molar-refractivity contribution in [3.8, 4) is 0 Å². The second kappa shape index (κ2) is 8.50. The summed E-state index contributed by atoms with van der Waals surface area (Å²) in [5, 5.41) is 11.6. The summed E-state index contributed by atoms with van der Waals surface area (Å²) in [5.41, 5.74) is 7.83. The van der Waals surface area contributed by atoms with Crippen LogP contribution in [-0.2, 0) is 22.6 Å². The van der Waals surface area contributed by atoms with Crippen molar-refractivity contribution in [3.05, 3.63) is 65.6 Å². The number of nitrogens with two attached hydrogens (primary N) is 1. The Hall–Kier alpha value is -2.77. The standard InChI is InChI=1S/C21H27N5O2/c1-4-16-11-8-12-18-24-25-19(26(16)18)17(23-20(27)21(2,3)22)14-28-13-15-9-6-5-7-10-15/h5-12,17H,4,13-14,22H2,1-3H3,(H,23,27)/t17-/m1/s1. The van der Waals surface area contributed by atoms with Crippen LogP contribution in [0, 0.1) is 0 Å². The number of hydrogen-bond acceptors (Lipinski definition) is 5. The van der Waals surface area contributed by atoms with Crippen LogP contribution in [0.15, 0.2) is 48.5 Å². The number of benzene rings is 1. The van der Waals surface area contributed by atoms with E-state index in [1.165, 1.54) is 0 Å². The molecule has 148 valence electrons. The molecule has 0 saturated heterocycles. The Kier molecular flexibility index (Phi) is 6.06. The number of amides is 1. The first-order chi connectivity index (χ1) is 13.4. The summed E-state index contributed by atoms with van der Waals surface area (Å²) >= 11 is 0. The Morgan fingerprint density at radius 2 is 1.93 bits per heavy atom. The summed E-state index contributed by atoms with van der Waals surface area (Å²) < 4.78 is 7.88. The maximum absolute atomic E-state index is 12.5. The minimum absolute atomic E-state index is 0.259. The number of fused-ring (bicyclic) bond motifs is 1. The topological polar surface area (TPSA) is 94.5 Å². The first kappa shape index (κ1) is 20.0. The molecule has 3 N–H and O–H groups in total. The van der Waals surface area contributed by atoms with Gasteiger partial charge in [-0.15, -0.1) is 10.2 Å². The highest BCUT2D eigenvalue weighted by Crippen LogP contribution is 2.18. The second-order valence-corrected chi connectivity index (χ2v) is 7.37. The Morgan fingerprint density at radius 1 is 1.18 bits per heavy atom. The molecular formula is C21H27N5O2. The van der Waals surface area contributed by atoms with Gasteiger partial charge >= 0.3 is 0 Å². The van der Waals surface area contributed by atoms with E-state index in [-0.39, 0.29) is 12.5 Å². The zero-order valence-corrected chi connectivity index (χ0v) is 16.6. The molecule has 1 amide bonds. The van der Waals surface area contributed by atoms with Crippen LogP contribution < -0.4 is 11.1 Å². The van der Waals surface area contributed by atoms with Crippen molar-refractivity contribution < 1.29 is 9.53 Å². The van der Waals surface area contributed by atoms with Crippen molar-refractivity contribution in [2.24, 2.45) is 5.73 Å². The van der Waals surface area contributed by atoms with Crippen LogP contribution in [-0.4, -0.2) is 32.7 Å².